The first-order chi connectivity index (χ1) is 10.1. The number of para-hydroxylation sites is 1. The molecule has 108 valence electrons. The van der Waals surface area contributed by atoms with Gasteiger partial charge in [-0.25, -0.2) is 4.39 Å². The number of carbonyl (C=O) groups excluding carboxylic acids is 1. The fourth-order valence-electron chi connectivity index (χ4n) is 1.86. The lowest BCUT2D eigenvalue weighted by Gasteiger charge is -2.22. The van der Waals surface area contributed by atoms with Crippen LogP contribution in [0.2, 0.25) is 0 Å². The Morgan fingerprint density at radius 2 is 1.90 bits per heavy atom. The lowest BCUT2D eigenvalue weighted by Crippen LogP contribution is -2.33. The highest BCUT2D eigenvalue weighted by Gasteiger charge is 2.21. The molecule has 1 aromatic carbocycles. The lowest BCUT2D eigenvalue weighted by atomic mass is 10.2. The predicted octanol–water partition coefficient (Wildman–Crippen LogP) is 2.34. The Balaban J connectivity index is 2.33. The van der Waals surface area contributed by atoms with Crippen LogP contribution in [-0.2, 0) is 4.79 Å². The van der Waals surface area contributed by atoms with E-state index < -0.39 is 17.7 Å². The van der Waals surface area contributed by atoms with E-state index in [-0.39, 0.29) is 18.5 Å². The molecule has 5 nitrogen and oxygen atoms in total. The van der Waals surface area contributed by atoms with Gasteiger partial charge in [0.1, 0.15) is 0 Å². The third-order valence-corrected chi connectivity index (χ3v) is 2.87. The molecule has 0 aliphatic rings. The molecule has 0 radical (unpaired) electrons. The minimum Gasteiger partial charge on any atom is -0.481 e. The number of rotatable bonds is 5. The van der Waals surface area contributed by atoms with E-state index in [0.29, 0.717) is 5.69 Å². The summed E-state index contributed by atoms with van der Waals surface area (Å²) >= 11 is 0. The van der Waals surface area contributed by atoms with Gasteiger partial charge < -0.3 is 10.0 Å². The first-order valence-electron chi connectivity index (χ1n) is 6.28. The molecule has 0 aliphatic carbocycles. The predicted molar refractivity (Wildman–Crippen MR) is 74.6 cm³/mol. The molecular weight excluding hydrogens is 275 g/mol. The Morgan fingerprint density at radius 1 is 1.19 bits per heavy atom. The maximum atomic E-state index is 13.7. The number of nitrogens with zero attached hydrogens (tertiary/aromatic N) is 2. The molecule has 6 heteroatoms. The van der Waals surface area contributed by atoms with Crippen LogP contribution in [0.1, 0.15) is 16.8 Å². The van der Waals surface area contributed by atoms with Gasteiger partial charge in [-0.05, 0) is 18.2 Å². The highest BCUT2D eigenvalue weighted by molar-refractivity contribution is 6.06. The van der Waals surface area contributed by atoms with Crippen LogP contribution in [0.3, 0.4) is 0 Å². The van der Waals surface area contributed by atoms with Crippen molar-refractivity contribution in [3.05, 3.63) is 60.2 Å². The number of pyridine rings is 1. The van der Waals surface area contributed by atoms with Crippen molar-refractivity contribution in [1.82, 2.24) is 4.98 Å². The van der Waals surface area contributed by atoms with Gasteiger partial charge >= 0.3 is 5.97 Å². The lowest BCUT2D eigenvalue weighted by molar-refractivity contribution is -0.136. The number of amides is 1. The van der Waals surface area contributed by atoms with Gasteiger partial charge in [0.2, 0.25) is 0 Å². The molecule has 2 rings (SSSR count). The Bertz CT molecular complexity index is 646. The maximum Gasteiger partial charge on any atom is 0.305 e. The zero-order valence-electron chi connectivity index (χ0n) is 11.1. The number of carboxylic acids is 1. The molecule has 0 atom stereocenters. The van der Waals surface area contributed by atoms with Crippen molar-refractivity contribution in [2.75, 3.05) is 11.4 Å². The second-order valence-corrected chi connectivity index (χ2v) is 4.29. The Kier molecular flexibility index (Phi) is 4.61. The van der Waals surface area contributed by atoms with Crippen molar-refractivity contribution in [1.29, 1.82) is 0 Å². The zero-order valence-corrected chi connectivity index (χ0v) is 11.1. The zero-order chi connectivity index (χ0) is 15.2. The molecule has 1 aromatic heterocycles. The summed E-state index contributed by atoms with van der Waals surface area (Å²) in [6.45, 7) is -0.0417. The number of halogens is 1. The summed E-state index contributed by atoms with van der Waals surface area (Å²) in [6, 6.07) is 9.82. The second kappa shape index (κ2) is 6.60. The fraction of sp³-hybridized carbons (Fsp3) is 0.133. The first kappa shape index (κ1) is 14.6. The molecule has 21 heavy (non-hydrogen) atoms. The summed E-state index contributed by atoms with van der Waals surface area (Å²) in [4.78, 5) is 28.0. The molecule has 0 spiro atoms. The first-order valence-corrected chi connectivity index (χ1v) is 6.28. The van der Waals surface area contributed by atoms with Crippen LogP contribution in [-0.4, -0.2) is 28.5 Å². The molecule has 0 saturated carbocycles. The van der Waals surface area contributed by atoms with Gasteiger partial charge in [-0.15, -0.1) is 0 Å². The second-order valence-electron chi connectivity index (χ2n) is 4.29. The van der Waals surface area contributed by atoms with E-state index in [0.717, 1.165) is 6.20 Å². The highest BCUT2D eigenvalue weighted by atomic mass is 19.1. The van der Waals surface area contributed by atoms with Crippen LogP contribution in [0.5, 0.6) is 0 Å². The van der Waals surface area contributed by atoms with E-state index in [1.165, 1.54) is 17.2 Å². The van der Waals surface area contributed by atoms with Crippen molar-refractivity contribution in [2.45, 2.75) is 6.42 Å². The minimum atomic E-state index is -1.03. The molecule has 1 amide bonds. The maximum absolute atomic E-state index is 13.7. The average molecular weight is 288 g/mol. The van der Waals surface area contributed by atoms with Crippen LogP contribution in [0.4, 0.5) is 10.1 Å². The monoisotopic (exact) mass is 288 g/mol. The van der Waals surface area contributed by atoms with Gasteiger partial charge in [-0.3, -0.25) is 14.6 Å². The third-order valence-electron chi connectivity index (χ3n) is 2.87. The Labute approximate surface area is 120 Å². The van der Waals surface area contributed by atoms with Crippen LogP contribution < -0.4 is 4.90 Å². The van der Waals surface area contributed by atoms with Crippen LogP contribution >= 0.6 is 0 Å². The molecule has 0 unspecified atom stereocenters. The standard InChI is InChI=1S/C15H13FN2O3/c16-13-10-17-8-6-12(13)15(21)18(9-7-14(19)20)11-4-2-1-3-5-11/h1-6,8,10H,7,9H2,(H,19,20). The largest absolute Gasteiger partial charge is 0.481 e. The summed E-state index contributed by atoms with van der Waals surface area (Å²) in [7, 11) is 0. The van der Waals surface area contributed by atoms with E-state index >= 15 is 0 Å². The molecule has 1 heterocycles. The van der Waals surface area contributed by atoms with Gasteiger partial charge in [-0.2, -0.15) is 0 Å². The van der Waals surface area contributed by atoms with Crippen molar-refractivity contribution in [3.63, 3.8) is 0 Å². The Morgan fingerprint density at radius 3 is 2.52 bits per heavy atom. The van der Waals surface area contributed by atoms with Crippen molar-refractivity contribution in [2.24, 2.45) is 0 Å². The molecular formula is C15H13FN2O3. The van der Waals surface area contributed by atoms with Crippen LogP contribution in [0.15, 0.2) is 48.8 Å². The molecule has 0 bridgehead atoms. The minimum absolute atomic E-state index is 0.0417. The number of aromatic nitrogens is 1. The number of hydrogen-bond acceptors (Lipinski definition) is 3. The van der Waals surface area contributed by atoms with Gasteiger partial charge in [0.05, 0.1) is 18.2 Å². The van der Waals surface area contributed by atoms with Gasteiger partial charge in [-0.1, -0.05) is 18.2 Å². The molecule has 0 aliphatic heterocycles. The number of anilines is 1. The SMILES string of the molecule is O=C(O)CCN(C(=O)c1ccncc1F)c1ccccc1. The van der Waals surface area contributed by atoms with Crippen molar-refractivity contribution < 1.29 is 19.1 Å². The highest BCUT2D eigenvalue weighted by Crippen LogP contribution is 2.18. The van der Waals surface area contributed by atoms with Crippen molar-refractivity contribution in [3.8, 4) is 0 Å². The number of hydrogen-bond donors (Lipinski definition) is 1. The summed E-state index contributed by atoms with van der Waals surface area (Å²) in [5.74, 6) is -2.36. The van der Waals surface area contributed by atoms with E-state index in [2.05, 4.69) is 4.98 Å². The number of benzene rings is 1. The quantitative estimate of drug-likeness (QED) is 0.916. The molecule has 2 aromatic rings. The smallest absolute Gasteiger partial charge is 0.305 e. The molecule has 0 fully saturated rings. The van der Waals surface area contributed by atoms with Gasteiger partial charge in [0, 0.05) is 18.4 Å². The molecule has 0 saturated heterocycles. The van der Waals surface area contributed by atoms with Crippen LogP contribution in [0.25, 0.3) is 0 Å². The summed E-state index contributed by atoms with van der Waals surface area (Å²) in [5, 5.41) is 8.79. The van der Waals surface area contributed by atoms with E-state index in [1.54, 1.807) is 30.3 Å². The third kappa shape index (κ3) is 3.62. The van der Waals surface area contributed by atoms with Gasteiger partial charge in [0.25, 0.3) is 5.91 Å². The summed E-state index contributed by atoms with van der Waals surface area (Å²) < 4.78 is 13.7. The summed E-state index contributed by atoms with van der Waals surface area (Å²) in [5.41, 5.74) is 0.374. The fourth-order valence-corrected chi connectivity index (χ4v) is 1.86. The number of carboxylic acid groups (broad SMARTS) is 1. The van der Waals surface area contributed by atoms with Crippen LogP contribution in [0, 0.1) is 5.82 Å². The number of aliphatic carboxylic acids is 1. The average Bonchev–Trinajstić information content (AvgIpc) is 2.48. The summed E-state index contributed by atoms with van der Waals surface area (Å²) in [6.07, 6.45) is 2.04. The molecule has 1 N–H and O–H groups in total. The Hall–Kier alpha value is -2.76. The van der Waals surface area contributed by atoms with E-state index in [1.807, 2.05) is 0 Å². The van der Waals surface area contributed by atoms with Crippen molar-refractivity contribution >= 4 is 17.6 Å². The van der Waals surface area contributed by atoms with Gasteiger partial charge in [0.15, 0.2) is 5.82 Å². The topological polar surface area (TPSA) is 70.5 Å². The van der Waals surface area contributed by atoms with E-state index in [4.69, 9.17) is 5.11 Å². The number of carbonyl (C=O) groups is 2. The van der Waals surface area contributed by atoms with E-state index in [9.17, 15) is 14.0 Å². The normalized spacial score (nSPS) is 10.1.